The Morgan fingerprint density at radius 3 is 2.36 bits per heavy atom. The van der Waals surface area contributed by atoms with Crippen molar-refractivity contribution in [2.75, 3.05) is 5.32 Å². The number of nitrogens with one attached hydrogen (secondary N) is 1. The van der Waals surface area contributed by atoms with Gasteiger partial charge in [0, 0.05) is 16.3 Å². The average Bonchev–Trinajstić information content (AvgIpc) is 2.99. The molecule has 0 saturated carbocycles. The van der Waals surface area contributed by atoms with Crippen molar-refractivity contribution in [2.45, 2.75) is 20.0 Å². The molecule has 0 atom stereocenters. The van der Waals surface area contributed by atoms with Gasteiger partial charge in [-0.25, -0.2) is 4.98 Å². The van der Waals surface area contributed by atoms with Crippen LogP contribution in [-0.2, 0) is 4.79 Å². The molecular weight excluding hydrogens is 357 g/mol. The smallest absolute Gasteiger partial charge is 0.436 e. The number of hydrogen-bond donors (Lipinski definition) is 1. The van der Waals surface area contributed by atoms with Gasteiger partial charge in [-0.15, -0.1) is 0 Å². The predicted octanol–water partition coefficient (Wildman–Crippen LogP) is 5.68. The molecule has 0 aliphatic rings. The normalized spacial score (nSPS) is 11.0. The minimum absolute atomic E-state index is 0.0234. The van der Waals surface area contributed by atoms with Gasteiger partial charge in [-0.1, -0.05) is 25.4 Å². The van der Waals surface area contributed by atoms with Crippen molar-refractivity contribution in [1.29, 1.82) is 0 Å². The van der Waals surface area contributed by atoms with Gasteiger partial charge in [-0.2, -0.15) is 13.2 Å². The molecular formula is C17H14ClF3N2O2. The second-order valence-electron chi connectivity index (χ2n) is 4.66. The van der Waals surface area contributed by atoms with E-state index in [-0.39, 0.29) is 5.69 Å². The first-order valence-electron chi connectivity index (χ1n) is 7.37. The first-order valence-corrected chi connectivity index (χ1v) is 7.75. The highest BCUT2D eigenvalue weighted by atomic mass is 35.5. The third kappa shape index (κ3) is 4.51. The summed E-state index contributed by atoms with van der Waals surface area (Å²) >= 11 is 5.87. The molecule has 0 radical (unpaired) electrons. The molecule has 3 rings (SSSR count). The molecule has 0 saturated heterocycles. The number of anilines is 1. The number of hydrogen-bond acceptors (Lipinski definition) is 3. The van der Waals surface area contributed by atoms with Gasteiger partial charge in [0.1, 0.15) is 5.52 Å². The molecule has 2 aromatic carbocycles. The molecule has 0 bridgehead atoms. The summed E-state index contributed by atoms with van der Waals surface area (Å²) in [6.45, 7) is 4.00. The van der Waals surface area contributed by atoms with Crippen molar-refractivity contribution < 1.29 is 22.4 Å². The van der Waals surface area contributed by atoms with Crippen LogP contribution in [0, 0.1) is 0 Å². The first-order chi connectivity index (χ1) is 11.8. The van der Waals surface area contributed by atoms with Crippen LogP contribution in [0.1, 0.15) is 13.8 Å². The van der Waals surface area contributed by atoms with Gasteiger partial charge in [0.05, 0.1) is 0 Å². The van der Waals surface area contributed by atoms with Gasteiger partial charge in [0.15, 0.2) is 5.58 Å². The molecule has 8 heteroatoms. The summed E-state index contributed by atoms with van der Waals surface area (Å²) in [4.78, 5) is 15.1. The number of rotatable bonds is 2. The largest absolute Gasteiger partial charge is 0.471 e. The van der Waals surface area contributed by atoms with Crippen LogP contribution in [-0.4, -0.2) is 17.1 Å². The van der Waals surface area contributed by atoms with Crippen LogP contribution < -0.4 is 5.32 Å². The van der Waals surface area contributed by atoms with E-state index in [1.54, 1.807) is 23.5 Å². The number of benzene rings is 2. The van der Waals surface area contributed by atoms with Crippen LogP contribution in [0.15, 0.2) is 46.9 Å². The molecule has 3 aromatic rings. The number of aromatic nitrogens is 1. The van der Waals surface area contributed by atoms with E-state index in [1.165, 1.54) is 24.3 Å². The van der Waals surface area contributed by atoms with Gasteiger partial charge < -0.3 is 9.73 Å². The summed E-state index contributed by atoms with van der Waals surface area (Å²) in [5.74, 6) is -1.72. The third-order valence-corrected chi connectivity index (χ3v) is 3.23. The Morgan fingerprint density at radius 1 is 1.12 bits per heavy atom. The molecule has 4 nitrogen and oxygen atoms in total. The van der Waals surface area contributed by atoms with Crippen molar-refractivity contribution in [3.8, 4) is 11.5 Å². The van der Waals surface area contributed by atoms with Crippen LogP contribution in [0.3, 0.4) is 0 Å². The second-order valence-corrected chi connectivity index (χ2v) is 5.10. The minimum atomic E-state index is -4.93. The molecule has 1 heterocycles. The third-order valence-electron chi connectivity index (χ3n) is 3.00. The Kier molecular flexibility index (Phi) is 5.69. The van der Waals surface area contributed by atoms with Crippen LogP contribution in [0.4, 0.5) is 18.9 Å². The quantitative estimate of drug-likeness (QED) is 0.631. The summed E-state index contributed by atoms with van der Waals surface area (Å²) in [5.41, 5.74) is 1.69. The lowest BCUT2D eigenvalue weighted by molar-refractivity contribution is -0.167. The summed E-state index contributed by atoms with van der Waals surface area (Å²) < 4.78 is 42.1. The zero-order valence-corrected chi connectivity index (χ0v) is 14.1. The van der Waals surface area contributed by atoms with Crippen molar-refractivity contribution >= 4 is 34.3 Å². The summed E-state index contributed by atoms with van der Waals surface area (Å²) in [6.07, 6.45) is -4.93. The molecule has 1 amide bonds. The van der Waals surface area contributed by atoms with E-state index in [0.717, 1.165) is 0 Å². The Hall–Kier alpha value is -2.54. The van der Waals surface area contributed by atoms with E-state index in [4.69, 9.17) is 16.0 Å². The lowest BCUT2D eigenvalue weighted by atomic mass is 10.2. The number of oxazole rings is 1. The number of amides is 1. The Morgan fingerprint density at radius 2 is 1.76 bits per heavy atom. The highest BCUT2D eigenvalue weighted by Crippen LogP contribution is 2.27. The van der Waals surface area contributed by atoms with E-state index in [1.807, 2.05) is 13.8 Å². The highest BCUT2D eigenvalue weighted by Gasteiger charge is 2.38. The number of carbonyl (C=O) groups excluding carboxylic acids is 1. The highest BCUT2D eigenvalue weighted by molar-refractivity contribution is 6.31. The van der Waals surface area contributed by atoms with Crippen molar-refractivity contribution in [3.05, 3.63) is 47.5 Å². The van der Waals surface area contributed by atoms with Gasteiger partial charge >= 0.3 is 12.1 Å². The fourth-order valence-electron chi connectivity index (χ4n) is 1.92. The number of halogens is 4. The monoisotopic (exact) mass is 370 g/mol. The fourth-order valence-corrected chi connectivity index (χ4v) is 2.09. The van der Waals surface area contributed by atoms with Crippen LogP contribution in [0.2, 0.25) is 5.02 Å². The molecule has 0 unspecified atom stereocenters. The summed E-state index contributed by atoms with van der Waals surface area (Å²) in [5, 5.41) is 2.28. The Labute approximate surface area is 146 Å². The maximum Gasteiger partial charge on any atom is 0.471 e. The summed E-state index contributed by atoms with van der Waals surface area (Å²) in [7, 11) is 0. The van der Waals surface area contributed by atoms with E-state index in [9.17, 15) is 18.0 Å². The zero-order chi connectivity index (χ0) is 18.6. The van der Waals surface area contributed by atoms with Crippen LogP contribution in [0.5, 0.6) is 0 Å². The minimum Gasteiger partial charge on any atom is -0.436 e. The molecule has 25 heavy (non-hydrogen) atoms. The van der Waals surface area contributed by atoms with Gasteiger partial charge in [-0.05, 0) is 42.5 Å². The van der Waals surface area contributed by atoms with Crippen molar-refractivity contribution in [3.63, 3.8) is 0 Å². The zero-order valence-electron chi connectivity index (χ0n) is 13.3. The van der Waals surface area contributed by atoms with Gasteiger partial charge in [0.2, 0.25) is 5.89 Å². The van der Waals surface area contributed by atoms with Crippen molar-refractivity contribution in [1.82, 2.24) is 4.98 Å². The SMILES string of the molecule is CC.O=C(Nc1ccc(-c2nc3cc(Cl)ccc3o2)cc1)C(F)(F)F. The molecule has 132 valence electrons. The standard InChI is InChI=1S/C15H8ClF3N2O2.C2H6/c16-9-3-6-12-11(7-9)21-13(23-12)8-1-4-10(5-2-8)20-14(22)15(17,18)19;1-2/h1-7H,(H,20,22);1-2H3. The maximum atomic E-state index is 12.2. The second kappa shape index (κ2) is 7.57. The molecule has 0 aliphatic heterocycles. The number of nitrogens with zero attached hydrogens (tertiary/aromatic N) is 1. The molecule has 1 aromatic heterocycles. The Balaban J connectivity index is 0.00000109. The van der Waals surface area contributed by atoms with E-state index in [0.29, 0.717) is 27.6 Å². The summed E-state index contributed by atoms with van der Waals surface area (Å²) in [6, 6.07) is 10.6. The lowest BCUT2D eigenvalue weighted by Gasteiger charge is -2.07. The van der Waals surface area contributed by atoms with E-state index in [2.05, 4.69) is 4.98 Å². The molecule has 0 spiro atoms. The average molecular weight is 371 g/mol. The fraction of sp³-hybridized carbons (Fsp3) is 0.176. The van der Waals surface area contributed by atoms with Crippen LogP contribution >= 0.6 is 11.6 Å². The number of fused-ring (bicyclic) bond motifs is 1. The number of carbonyl (C=O) groups is 1. The van der Waals surface area contributed by atoms with Gasteiger partial charge in [-0.3, -0.25) is 4.79 Å². The van der Waals surface area contributed by atoms with Gasteiger partial charge in [0.25, 0.3) is 0 Å². The first kappa shape index (κ1) is 18.8. The Bertz CT molecular complexity index is 874. The maximum absolute atomic E-state index is 12.2. The molecule has 1 N–H and O–H groups in total. The predicted molar refractivity (Wildman–Crippen MR) is 90.5 cm³/mol. The van der Waals surface area contributed by atoms with E-state index >= 15 is 0 Å². The molecule has 0 fully saturated rings. The van der Waals surface area contributed by atoms with E-state index < -0.39 is 12.1 Å². The van der Waals surface area contributed by atoms with Crippen molar-refractivity contribution in [2.24, 2.45) is 0 Å². The van der Waals surface area contributed by atoms with Crippen LogP contribution in [0.25, 0.3) is 22.6 Å². The topological polar surface area (TPSA) is 55.1 Å². The lowest BCUT2D eigenvalue weighted by Crippen LogP contribution is -2.29. The molecule has 0 aliphatic carbocycles. The number of alkyl halides is 3.